The van der Waals surface area contributed by atoms with E-state index in [4.69, 9.17) is 5.73 Å². The molecule has 21 heavy (non-hydrogen) atoms. The molecule has 1 aromatic rings. The van der Waals surface area contributed by atoms with Crippen molar-refractivity contribution in [3.05, 3.63) is 28.8 Å². The van der Waals surface area contributed by atoms with Crippen LogP contribution in [-0.4, -0.2) is 12.6 Å². The molecule has 0 spiro atoms. The van der Waals surface area contributed by atoms with Gasteiger partial charge in [-0.15, -0.1) is 0 Å². The maximum Gasteiger partial charge on any atom is 0.418 e. The highest BCUT2D eigenvalue weighted by Gasteiger charge is 2.40. The maximum atomic E-state index is 12.7. The molecule has 0 atom stereocenters. The van der Waals surface area contributed by atoms with Gasteiger partial charge in [-0.3, -0.25) is 4.79 Å². The van der Waals surface area contributed by atoms with E-state index in [1.807, 2.05) is 0 Å². The Hall–Kier alpha value is -1.93. The third-order valence-electron chi connectivity index (χ3n) is 2.50. The zero-order valence-corrected chi connectivity index (χ0v) is 10.7. The van der Waals surface area contributed by atoms with Gasteiger partial charge in [-0.1, -0.05) is 0 Å². The summed E-state index contributed by atoms with van der Waals surface area (Å²) in [4.78, 5) is 11.2. The summed E-state index contributed by atoms with van der Waals surface area (Å²) >= 11 is 0. The van der Waals surface area contributed by atoms with Crippen molar-refractivity contribution in [1.29, 1.82) is 0 Å². The third kappa shape index (κ3) is 4.27. The lowest BCUT2D eigenvalue weighted by Crippen LogP contribution is -2.18. The van der Waals surface area contributed by atoms with Gasteiger partial charge in [0.2, 0.25) is 0 Å². The van der Waals surface area contributed by atoms with Crippen molar-refractivity contribution in [1.82, 2.24) is 0 Å². The summed E-state index contributed by atoms with van der Waals surface area (Å²) in [7, 11) is 0. The molecule has 1 rings (SSSR count). The summed E-state index contributed by atoms with van der Waals surface area (Å²) in [5.74, 6) is -0.927. The molecule has 0 heterocycles. The van der Waals surface area contributed by atoms with Gasteiger partial charge in [-0.25, -0.2) is 0 Å². The minimum absolute atomic E-state index is 0.0357. The summed E-state index contributed by atoms with van der Waals surface area (Å²) in [6.45, 7) is 1.43. The van der Waals surface area contributed by atoms with Crippen LogP contribution in [0.1, 0.15) is 23.6 Å². The molecule has 0 unspecified atom stereocenters. The number of carbonyl (C=O) groups is 1. The second-order valence-electron chi connectivity index (χ2n) is 4.08. The van der Waals surface area contributed by atoms with Crippen LogP contribution in [-0.2, 0) is 28.3 Å². The lowest BCUT2D eigenvalue weighted by molar-refractivity contribution is -0.144. The van der Waals surface area contributed by atoms with Crippen LogP contribution in [0.4, 0.5) is 32.0 Å². The van der Waals surface area contributed by atoms with Gasteiger partial charge in [-0.2, -0.15) is 26.3 Å². The first kappa shape index (κ1) is 17.1. The first-order valence-electron chi connectivity index (χ1n) is 5.69. The fourth-order valence-corrected chi connectivity index (χ4v) is 1.66. The maximum absolute atomic E-state index is 12.7. The second-order valence-corrected chi connectivity index (χ2v) is 4.08. The van der Waals surface area contributed by atoms with Crippen molar-refractivity contribution in [2.75, 3.05) is 12.3 Å². The molecular weight excluding hydrogens is 304 g/mol. The number of rotatable bonds is 3. The molecule has 0 bridgehead atoms. The first-order valence-corrected chi connectivity index (χ1v) is 5.69. The molecule has 9 heteroatoms. The molecule has 0 amide bonds. The van der Waals surface area contributed by atoms with Crippen molar-refractivity contribution in [2.45, 2.75) is 25.7 Å². The quantitative estimate of drug-likeness (QED) is 0.528. The van der Waals surface area contributed by atoms with Crippen molar-refractivity contribution in [2.24, 2.45) is 0 Å². The molecule has 118 valence electrons. The van der Waals surface area contributed by atoms with Gasteiger partial charge >= 0.3 is 18.3 Å². The van der Waals surface area contributed by atoms with Crippen molar-refractivity contribution in [3.8, 4) is 0 Å². The van der Waals surface area contributed by atoms with Gasteiger partial charge in [0.1, 0.15) is 0 Å². The number of benzene rings is 1. The van der Waals surface area contributed by atoms with Crippen LogP contribution in [0.2, 0.25) is 0 Å². The third-order valence-corrected chi connectivity index (χ3v) is 2.50. The van der Waals surface area contributed by atoms with Crippen LogP contribution < -0.4 is 5.73 Å². The predicted octanol–water partition coefficient (Wildman–Crippen LogP) is 3.41. The van der Waals surface area contributed by atoms with Gasteiger partial charge in [0.25, 0.3) is 0 Å². The highest BCUT2D eigenvalue weighted by Crippen LogP contribution is 2.42. The number of esters is 1. The zero-order chi connectivity index (χ0) is 16.4. The fourth-order valence-electron chi connectivity index (χ4n) is 1.66. The summed E-state index contributed by atoms with van der Waals surface area (Å²) in [5, 5.41) is 0. The Kier molecular flexibility index (Phi) is 4.75. The Morgan fingerprint density at radius 1 is 1.10 bits per heavy atom. The minimum Gasteiger partial charge on any atom is -0.466 e. The SMILES string of the molecule is CCOC(=O)Cc1cc(C(F)(F)F)c(N)c(C(F)(F)F)c1. The van der Waals surface area contributed by atoms with E-state index in [0.29, 0.717) is 12.1 Å². The van der Waals surface area contributed by atoms with Crippen molar-refractivity contribution in [3.63, 3.8) is 0 Å². The molecule has 0 aromatic heterocycles. The van der Waals surface area contributed by atoms with E-state index in [1.54, 1.807) is 0 Å². The van der Waals surface area contributed by atoms with Crippen LogP contribution in [0.3, 0.4) is 0 Å². The average molecular weight is 315 g/mol. The Morgan fingerprint density at radius 3 is 1.86 bits per heavy atom. The molecule has 0 aliphatic carbocycles. The van der Waals surface area contributed by atoms with E-state index in [0.717, 1.165) is 0 Å². The minimum atomic E-state index is -5.06. The largest absolute Gasteiger partial charge is 0.466 e. The average Bonchev–Trinajstić information content (AvgIpc) is 2.28. The van der Waals surface area contributed by atoms with E-state index in [9.17, 15) is 31.1 Å². The summed E-state index contributed by atoms with van der Waals surface area (Å²) < 4.78 is 80.8. The second kappa shape index (κ2) is 5.82. The molecule has 2 N–H and O–H groups in total. The van der Waals surface area contributed by atoms with Crippen molar-refractivity contribution < 1.29 is 35.9 Å². The number of hydrogen-bond acceptors (Lipinski definition) is 3. The standard InChI is InChI=1S/C12H11F6NO2/c1-2-21-9(20)5-6-3-7(11(13,14)15)10(19)8(4-6)12(16,17)18/h3-4H,2,5,19H2,1H3. The number of carbonyl (C=O) groups excluding carboxylic acids is 1. The number of alkyl halides is 6. The van der Waals surface area contributed by atoms with Crippen LogP contribution in [0.5, 0.6) is 0 Å². The van der Waals surface area contributed by atoms with Crippen LogP contribution in [0.25, 0.3) is 0 Å². The lowest BCUT2D eigenvalue weighted by Gasteiger charge is -2.17. The van der Waals surface area contributed by atoms with E-state index in [2.05, 4.69) is 4.74 Å². The Labute approximate surface area is 115 Å². The van der Waals surface area contributed by atoms with E-state index < -0.39 is 47.1 Å². The van der Waals surface area contributed by atoms with E-state index in [1.165, 1.54) is 6.92 Å². The topological polar surface area (TPSA) is 52.3 Å². The summed E-state index contributed by atoms with van der Waals surface area (Å²) in [6.07, 6.45) is -10.8. The van der Waals surface area contributed by atoms with Crippen LogP contribution >= 0.6 is 0 Å². The molecular formula is C12H11F6NO2. The fraction of sp³-hybridized carbons (Fsp3) is 0.417. The predicted molar refractivity (Wildman–Crippen MR) is 61.2 cm³/mol. The normalized spacial score (nSPS) is 12.3. The monoisotopic (exact) mass is 315 g/mol. The molecule has 0 aliphatic heterocycles. The Bertz CT molecular complexity index is 501. The molecule has 0 saturated carbocycles. The number of hydrogen-bond donors (Lipinski definition) is 1. The van der Waals surface area contributed by atoms with E-state index >= 15 is 0 Å². The van der Waals surface area contributed by atoms with Crippen molar-refractivity contribution >= 4 is 11.7 Å². The molecule has 0 aliphatic rings. The highest BCUT2D eigenvalue weighted by molar-refractivity contribution is 5.73. The molecule has 3 nitrogen and oxygen atoms in total. The number of halogens is 6. The van der Waals surface area contributed by atoms with Crippen LogP contribution in [0, 0.1) is 0 Å². The van der Waals surface area contributed by atoms with Crippen LogP contribution in [0.15, 0.2) is 12.1 Å². The lowest BCUT2D eigenvalue weighted by atomic mass is 10.00. The molecule has 0 fully saturated rings. The molecule has 0 saturated heterocycles. The highest BCUT2D eigenvalue weighted by atomic mass is 19.4. The van der Waals surface area contributed by atoms with E-state index in [-0.39, 0.29) is 6.61 Å². The molecule has 1 aromatic carbocycles. The molecule has 0 radical (unpaired) electrons. The van der Waals surface area contributed by atoms with Gasteiger partial charge in [0, 0.05) is 0 Å². The number of nitrogen functional groups attached to an aromatic ring is 1. The Balaban J connectivity index is 3.37. The smallest absolute Gasteiger partial charge is 0.418 e. The number of anilines is 1. The number of nitrogens with two attached hydrogens (primary N) is 1. The first-order chi connectivity index (χ1) is 9.46. The van der Waals surface area contributed by atoms with Gasteiger partial charge in [0.15, 0.2) is 0 Å². The summed E-state index contributed by atoms with van der Waals surface area (Å²) in [6, 6.07) is 0.836. The number of ether oxygens (including phenoxy) is 1. The van der Waals surface area contributed by atoms with Gasteiger partial charge in [-0.05, 0) is 24.6 Å². The Morgan fingerprint density at radius 2 is 1.52 bits per heavy atom. The van der Waals surface area contributed by atoms with Gasteiger partial charge in [0.05, 0.1) is 29.8 Å². The van der Waals surface area contributed by atoms with Gasteiger partial charge < -0.3 is 10.5 Å². The summed E-state index contributed by atoms with van der Waals surface area (Å²) in [5.41, 5.74) is -0.183. The zero-order valence-electron chi connectivity index (χ0n) is 10.7.